The van der Waals surface area contributed by atoms with Gasteiger partial charge in [0.1, 0.15) is 12.6 Å². The van der Waals surface area contributed by atoms with Crippen molar-refractivity contribution >= 4 is 17.8 Å². The normalized spacial score (nSPS) is 12.1. The van der Waals surface area contributed by atoms with Crippen LogP contribution in [0.15, 0.2) is 54.6 Å². The van der Waals surface area contributed by atoms with Gasteiger partial charge in [0, 0.05) is 0 Å². The van der Waals surface area contributed by atoms with Crippen molar-refractivity contribution in [2.75, 3.05) is 0 Å². The van der Waals surface area contributed by atoms with Crippen molar-refractivity contribution in [2.24, 2.45) is 0 Å². The Morgan fingerprint density at radius 3 is 2.14 bits per heavy atom. The van der Waals surface area contributed by atoms with E-state index in [9.17, 15) is 32.7 Å². The molecule has 0 radical (unpaired) electrons. The lowest BCUT2D eigenvalue weighted by atomic mass is 10.1. The molecule has 2 aromatic rings. The number of amides is 1. The van der Waals surface area contributed by atoms with Gasteiger partial charge in [-0.1, -0.05) is 42.5 Å². The molecule has 154 valence electrons. The number of nitrogens with one attached hydrogen (secondary N) is 1. The molecule has 0 aliphatic carbocycles. The fourth-order valence-corrected chi connectivity index (χ4v) is 2.41. The molecule has 0 aromatic heterocycles. The molecule has 0 heterocycles. The molecular weight excluding hydrogens is 391 g/mol. The molecule has 2 rings (SSSR count). The zero-order valence-electron chi connectivity index (χ0n) is 15.1. The molecule has 0 unspecified atom stereocenters. The summed E-state index contributed by atoms with van der Waals surface area (Å²) < 4.78 is 42.6. The van der Waals surface area contributed by atoms with Crippen molar-refractivity contribution in [1.29, 1.82) is 0 Å². The Hall–Kier alpha value is -3.36. The molecule has 9 heteroatoms. The predicted molar refractivity (Wildman–Crippen MR) is 95.6 cm³/mol. The van der Waals surface area contributed by atoms with E-state index in [1.807, 2.05) is 0 Å². The molecule has 1 atom stereocenters. The highest BCUT2D eigenvalue weighted by atomic mass is 19.4. The lowest BCUT2D eigenvalue weighted by Crippen LogP contribution is -2.43. The van der Waals surface area contributed by atoms with E-state index in [0.29, 0.717) is 0 Å². The first-order chi connectivity index (χ1) is 13.6. The van der Waals surface area contributed by atoms with Crippen molar-refractivity contribution in [1.82, 2.24) is 5.32 Å². The van der Waals surface area contributed by atoms with Crippen LogP contribution in [0.25, 0.3) is 0 Å². The Bertz CT molecular complexity index is 851. The second kappa shape index (κ2) is 9.72. The summed E-state index contributed by atoms with van der Waals surface area (Å²) in [7, 11) is 0. The third kappa shape index (κ3) is 7.28. The first kappa shape index (κ1) is 21.9. The van der Waals surface area contributed by atoms with Crippen LogP contribution in [0, 0.1) is 0 Å². The van der Waals surface area contributed by atoms with Gasteiger partial charge < -0.3 is 15.2 Å². The zero-order valence-corrected chi connectivity index (χ0v) is 15.1. The van der Waals surface area contributed by atoms with Crippen LogP contribution in [0.2, 0.25) is 0 Å². The Kier molecular flexibility index (Phi) is 7.35. The Labute approximate surface area is 164 Å². The van der Waals surface area contributed by atoms with Crippen LogP contribution in [0.4, 0.5) is 13.2 Å². The number of carbonyl (C=O) groups excluding carboxylic acids is 2. The maximum absolute atomic E-state index is 12.5. The first-order valence-electron chi connectivity index (χ1n) is 8.53. The minimum absolute atomic E-state index is 0.0362. The van der Waals surface area contributed by atoms with Crippen molar-refractivity contribution in [3.8, 4) is 0 Å². The summed E-state index contributed by atoms with van der Waals surface area (Å²) >= 11 is 0. The summed E-state index contributed by atoms with van der Waals surface area (Å²) in [5.41, 5.74) is 0.136. The van der Waals surface area contributed by atoms with Gasteiger partial charge in [0.25, 0.3) is 0 Å². The van der Waals surface area contributed by atoms with Gasteiger partial charge in [0.2, 0.25) is 5.91 Å². The predicted octanol–water partition coefficient (Wildman–Crippen LogP) is 2.95. The molecule has 0 saturated heterocycles. The molecule has 1 amide bonds. The fraction of sp³-hybridized carbons (Fsp3) is 0.250. The van der Waals surface area contributed by atoms with Gasteiger partial charge in [-0.15, -0.1) is 0 Å². The second-order valence-corrected chi connectivity index (χ2v) is 6.18. The van der Waals surface area contributed by atoms with E-state index in [0.717, 1.165) is 29.8 Å². The van der Waals surface area contributed by atoms with E-state index < -0.39 is 42.0 Å². The van der Waals surface area contributed by atoms with Crippen LogP contribution < -0.4 is 5.32 Å². The minimum Gasteiger partial charge on any atom is -0.480 e. The third-order valence-electron chi connectivity index (χ3n) is 3.89. The number of alkyl halides is 3. The van der Waals surface area contributed by atoms with Crippen LogP contribution in [-0.4, -0.2) is 29.0 Å². The van der Waals surface area contributed by atoms with Gasteiger partial charge in [-0.3, -0.25) is 9.59 Å². The van der Waals surface area contributed by atoms with Crippen molar-refractivity contribution in [3.63, 3.8) is 0 Å². The molecule has 2 aromatic carbocycles. The van der Waals surface area contributed by atoms with Crippen LogP contribution in [0.3, 0.4) is 0 Å². The van der Waals surface area contributed by atoms with E-state index in [4.69, 9.17) is 4.74 Å². The number of carboxylic acid groups (broad SMARTS) is 1. The number of rotatable bonds is 8. The van der Waals surface area contributed by atoms with E-state index >= 15 is 0 Å². The monoisotopic (exact) mass is 409 g/mol. The number of benzene rings is 2. The SMILES string of the molecule is O=C(Cc1ccc(C(F)(F)F)cc1)N[C@@H](CC(=O)OCc1ccccc1)C(=O)O. The number of ether oxygens (including phenoxy) is 1. The van der Waals surface area contributed by atoms with Gasteiger partial charge in [0.15, 0.2) is 0 Å². The molecule has 0 spiro atoms. The average Bonchev–Trinajstić information content (AvgIpc) is 2.66. The zero-order chi connectivity index (χ0) is 21.4. The van der Waals surface area contributed by atoms with E-state index in [1.54, 1.807) is 30.3 Å². The Morgan fingerprint density at radius 1 is 0.966 bits per heavy atom. The number of carboxylic acids is 1. The average molecular weight is 409 g/mol. The van der Waals surface area contributed by atoms with Crippen molar-refractivity contribution in [2.45, 2.75) is 31.7 Å². The van der Waals surface area contributed by atoms with E-state index in [1.165, 1.54) is 0 Å². The maximum atomic E-state index is 12.5. The molecule has 0 saturated carbocycles. The summed E-state index contributed by atoms with van der Waals surface area (Å²) in [6, 6.07) is 11.2. The summed E-state index contributed by atoms with van der Waals surface area (Å²) in [4.78, 5) is 35.2. The van der Waals surface area contributed by atoms with Crippen LogP contribution in [0.1, 0.15) is 23.1 Å². The first-order valence-corrected chi connectivity index (χ1v) is 8.53. The number of hydrogen-bond acceptors (Lipinski definition) is 4. The second-order valence-electron chi connectivity index (χ2n) is 6.18. The lowest BCUT2D eigenvalue weighted by Gasteiger charge is -2.14. The highest BCUT2D eigenvalue weighted by molar-refractivity contribution is 5.88. The maximum Gasteiger partial charge on any atom is 0.416 e. The fourth-order valence-electron chi connectivity index (χ4n) is 2.41. The lowest BCUT2D eigenvalue weighted by molar-refractivity contribution is -0.151. The molecule has 0 aliphatic heterocycles. The highest BCUT2D eigenvalue weighted by Crippen LogP contribution is 2.29. The van der Waals surface area contributed by atoms with Crippen LogP contribution in [0.5, 0.6) is 0 Å². The van der Waals surface area contributed by atoms with Gasteiger partial charge >= 0.3 is 18.1 Å². The van der Waals surface area contributed by atoms with Crippen molar-refractivity contribution in [3.05, 3.63) is 71.3 Å². The summed E-state index contributed by atoms with van der Waals surface area (Å²) in [5.74, 6) is -2.98. The molecule has 0 aliphatic rings. The standard InChI is InChI=1S/C20H18F3NO5/c21-20(22,23)15-8-6-13(7-9-15)10-17(25)24-16(19(27)28)11-18(26)29-12-14-4-2-1-3-5-14/h1-9,16H,10-12H2,(H,24,25)(H,27,28)/t16-/m0/s1. The smallest absolute Gasteiger partial charge is 0.416 e. The minimum atomic E-state index is -4.49. The number of aliphatic carboxylic acids is 1. The topological polar surface area (TPSA) is 92.7 Å². The summed E-state index contributed by atoms with van der Waals surface area (Å²) in [6.07, 6.45) is -5.41. The van der Waals surface area contributed by atoms with Gasteiger partial charge in [0.05, 0.1) is 18.4 Å². The van der Waals surface area contributed by atoms with Crippen LogP contribution >= 0.6 is 0 Å². The van der Waals surface area contributed by atoms with E-state index in [-0.39, 0.29) is 18.6 Å². The number of hydrogen-bond donors (Lipinski definition) is 2. The Morgan fingerprint density at radius 2 is 1.59 bits per heavy atom. The molecule has 6 nitrogen and oxygen atoms in total. The number of carbonyl (C=O) groups is 3. The van der Waals surface area contributed by atoms with Gasteiger partial charge in [-0.2, -0.15) is 13.2 Å². The quantitative estimate of drug-likeness (QED) is 0.654. The molecule has 2 N–H and O–H groups in total. The molecular formula is C20H18F3NO5. The van der Waals surface area contributed by atoms with Gasteiger partial charge in [-0.25, -0.2) is 4.79 Å². The van der Waals surface area contributed by atoms with E-state index in [2.05, 4.69) is 5.32 Å². The molecule has 0 bridgehead atoms. The van der Waals surface area contributed by atoms with Gasteiger partial charge in [-0.05, 0) is 23.3 Å². The third-order valence-corrected chi connectivity index (χ3v) is 3.89. The van der Waals surface area contributed by atoms with Crippen molar-refractivity contribution < 1.29 is 37.4 Å². The molecule has 0 fully saturated rings. The largest absolute Gasteiger partial charge is 0.480 e. The summed E-state index contributed by atoms with van der Waals surface area (Å²) in [6.45, 7) is -0.0362. The van der Waals surface area contributed by atoms with Crippen LogP contribution in [-0.2, 0) is 38.3 Å². The number of halogens is 3. The number of esters is 1. The summed E-state index contributed by atoms with van der Waals surface area (Å²) in [5, 5.41) is 11.4. The molecule has 29 heavy (non-hydrogen) atoms. The highest BCUT2D eigenvalue weighted by Gasteiger charge is 2.30. The Balaban J connectivity index is 1.88.